The SMILES string of the molecule is COc1ccc(C(=O)CCC(=O)N2CCOC(c3cccc(Cl)c3)C2)cc1. The summed E-state index contributed by atoms with van der Waals surface area (Å²) in [6.45, 7) is 1.47. The molecule has 0 N–H and O–H groups in total. The Morgan fingerprint density at radius 1 is 1.19 bits per heavy atom. The second kappa shape index (κ2) is 9.02. The Morgan fingerprint density at radius 2 is 1.96 bits per heavy atom. The van der Waals surface area contributed by atoms with E-state index in [0.29, 0.717) is 36.0 Å². The van der Waals surface area contributed by atoms with Crippen molar-refractivity contribution < 1.29 is 19.1 Å². The molecule has 1 atom stereocenters. The summed E-state index contributed by atoms with van der Waals surface area (Å²) in [5, 5.41) is 0.643. The summed E-state index contributed by atoms with van der Waals surface area (Å²) in [5.74, 6) is 0.612. The normalized spacial score (nSPS) is 16.8. The van der Waals surface area contributed by atoms with Crippen LogP contribution in [0.15, 0.2) is 48.5 Å². The van der Waals surface area contributed by atoms with Crippen LogP contribution in [0.5, 0.6) is 5.75 Å². The first-order chi connectivity index (χ1) is 13.1. The number of nitrogens with zero attached hydrogens (tertiary/aromatic N) is 1. The molecule has 0 aromatic heterocycles. The van der Waals surface area contributed by atoms with Crippen molar-refractivity contribution >= 4 is 23.3 Å². The van der Waals surface area contributed by atoms with E-state index < -0.39 is 0 Å². The summed E-state index contributed by atoms with van der Waals surface area (Å²) in [5.41, 5.74) is 1.54. The lowest BCUT2D eigenvalue weighted by molar-refractivity contribution is -0.139. The molecule has 27 heavy (non-hydrogen) atoms. The second-order valence-electron chi connectivity index (χ2n) is 6.41. The fourth-order valence-electron chi connectivity index (χ4n) is 3.08. The van der Waals surface area contributed by atoms with Gasteiger partial charge in [-0.05, 0) is 42.0 Å². The summed E-state index contributed by atoms with van der Waals surface area (Å²) in [4.78, 5) is 26.6. The zero-order valence-electron chi connectivity index (χ0n) is 15.2. The first-order valence-corrected chi connectivity index (χ1v) is 9.26. The van der Waals surface area contributed by atoms with Crippen LogP contribution in [0.3, 0.4) is 0 Å². The second-order valence-corrected chi connectivity index (χ2v) is 6.84. The van der Waals surface area contributed by atoms with Gasteiger partial charge in [-0.15, -0.1) is 0 Å². The van der Waals surface area contributed by atoms with E-state index in [9.17, 15) is 9.59 Å². The van der Waals surface area contributed by atoms with Crippen molar-refractivity contribution in [2.45, 2.75) is 18.9 Å². The Balaban J connectivity index is 1.54. The number of carbonyl (C=O) groups excluding carboxylic acids is 2. The molecule has 1 saturated heterocycles. The molecule has 2 aromatic carbocycles. The van der Waals surface area contributed by atoms with Crippen LogP contribution in [-0.4, -0.2) is 43.4 Å². The van der Waals surface area contributed by atoms with Gasteiger partial charge >= 0.3 is 0 Å². The fourth-order valence-corrected chi connectivity index (χ4v) is 3.28. The zero-order chi connectivity index (χ0) is 19.2. The summed E-state index contributed by atoms with van der Waals surface area (Å²) in [7, 11) is 1.58. The number of hydrogen-bond donors (Lipinski definition) is 0. The smallest absolute Gasteiger partial charge is 0.223 e. The van der Waals surface area contributed by atoms with E-state index in [-0.39, 0.29) is 30.6 Å². The number of ketones is 1. The molecule has 1 fully saturated rings. The Morgan fingerprint density at radius 3 is 2.67 bits per heavy atom. The zero-order valence-corrected chi connectivity index (χ0v) is 15.9. The van der Waals surface area contributed by atoms with Crippen molar-refractivity contribution in [3.8, 4) is 5.75 Å². The monoisotopic (exact) mass is 387 g/mol. The summed E-state index contributed by atoms with van der Waals surface area (Å²) >= 11 is 6.04. The van der Waals surface area contributed by atoms with Gasteiger partial charge in [0.2, 0.25) is 5.91 Å². The first-order valence-electron chi connectivity index (χ1n) is 8.89. The standard InChI is InChI=1S/C21H22ClNO4/c1-26-18-7-5-15(6-8-18)19(24)9-10-21(25)23-11-12-27-20(14-23)16-3-2-4-17(22)13-16/h2-8,13,20H,9-12,14H2,1H3. The Kier molecular flexibility index (Phi) is 6.48. The van der Waals surface area contributed by atoms with Gasteiger partial charge in [0.15, 0.2) is 5.78 Å². The average Bonchev–Trinajstić information content (AvgIpc) is 2.72. The van der Waals surface area contributed by atoms with Crippen LogP contribution in [0.4, 0.5) is 0 Å². The first kappa shape index (κ1) is 19.4. The Labute approximate surface area is 163 Å². The third kappa shape index (κ3) is 5.08. The Bertz CT molecular complexity index is 806. The molecular weight excluding hydrogens is 366 g/mol. The van der Waals surface area contributed by atoms with Gasteiger partial charge < -0.3 is 14.4 Å². The predicted octanol–water partition coefficient (Wildman–Crippen LogP) is 3.91. The van der Waals surface area contributed by atoms with E-state index in [2.05, 4.69) is 0 Å². The summed E-state index contributed by atoms with van der Waals surface area (Å²) in [6, 6.07) is 14.4. The number of methoxy groups -OCH3 is 1. The van der Waals surface area contributed by atoms with Gasteiger partial charge in [-0.25, -0.2) is 0 Å². The molecule has 2 aromatic rings. The van der Waals surface area contributed by atoms with Gasteiger partial charge in [-0.3, -0.25) is 9.59 Å². The van der Waals surface area contributed by atoms with Gasteiger partial charge in [0.05, 0.1) is 20.3 Å². The highest BCUT2D eigenvalue weighted by molar-refractivity contribution is 6.30. The fraction of sp³-hybridized carbons (Fsp3) is 0.333. The van der Waals surface area contributed by atoms with Crippen LogP contribution < -0.4 is 4.74 Å². The molecule has 0 spiro atoms. The summed E-state index contributed by atoms with van der Waals surface area (Å²) in [6.07, 6.45) is 0.177. The van der Waals surface area contributed by atoms with Gasteiger partial charge in [0.1, 0.15) is 11.9 Å². The number of Topliss-reactive ketones (excluding diaryl/α,β-unsaturated/α-hetero) is 1. The van der Waals surface area contributed by atoms with Gasteiger partial charge in [0, 0.05) is 30.0 Å². The number of carbonyl (C=O) groups is 2. The molecule has 0 radical (unpaired) electrons. The van der Waals surface area contributed by atoms with Crippen LogP contribution in [0.1, 0.15) is 34.9 Å². The van der Waals surface area contributed by atoms with Crippen molar-refractivity contribution in [2.75, 3.05) is 26.8 Å². The maximum absolute atomic E-state index is 12.6. The van der Waals surface area contributed by atoms with Crippen LogP contribution in [0.25, 0.3) is 0 Å². The number of rotatable bonds is 6. The van der Waals surface area contributed by atoms with Crippen molar-refractivity contribution in [3.63, 3.8) is 0 Å². The van der Waals surface area contributed by atoms with E-state index in [1.807, 2.05) is 24.3 Å². The molecule has 1 heterocycles. The van der Waals surface area contributed by atoms with E-state index in [4.69, 9.17) is 21.1 Å². The van der Waals surface area contributed by atoms with Crippen molar-refractivity contribution in [1.29, 1.82) is 0 Å². The minimum atomic E-state index is -0.196. The van der Waals surface area contributed by atoms with E-state index in [0.717, 1.165) is 5.56 Å². The molecule has 142 valence electrons. The lowest BCUT2D eigenvalue weighted by Crippen LogP contribution is -2.42. The van der Waals surface area contributed by atoms with E-state index >= 15 is 0 Å². The van der Waals surface area contributed by atoms with Crippen LogP contribution >= 0.6 is 11.6 Å². The Hall–Kier alpha value is -2.37. The predicted molar refractivity (Wildman–Crippen MR) is 103 cm³/mol. The number of morpholine rings is 1. The minimum absolute atomic E-state index is 0.0350. The molecule has 0 bridgehead atoms. The molecular formula is C21H22ClNO4. The number of benzene rings is 2. The van der Waals surface area contributed by atoms with Crippen LogP contribution in [-0.2, 0) is 9.53 Å². The number of hydrogen-bond acceptors (Lipinski definition) is 4. The van der Waals surface area contributed by atoms with Crippen LogP contribution in [0.2, 0.25) is 5.02 Å². The highest BCUT2D eigenvalue weighted by atomic mass is 35.5. The molecule has 1 aliphatic heterocycles. The number of amides is 1. The van der Waals surface area contributed by atoms with E-state index in [1.165, 1.54) is 0 Å². The lowest BCUT2D eigenvalue weighted by atomic mass is 10.0. The third-order valence-corrected chi connectivity index (χ3v) is 4.85. The van der Waals surface area contributed by atoms with Crippen molar-refractivity contribution in [1.82, 2.24) is 4.90 Å². The number of ether oxygens (including phenoxy) is 2. The molecule has 3 rings (SSSR count). The average molecular weight is 388 g/mol. The number of halogens is 1. The largest absolute Gasteiger partial charge is 0.497 e. The highest BCUT2D eigenvalue weighted by Gasteiger charge is 2.25. The lowest BCUT2D eigenvalue weighted by Gasteiger charge is -2.33. The van der Waals surface area contributed by atoms with Gasteiger partial charge in [-0.2, -0.15) is 0 Å². The van der Waals surface area contributed by atoms with Gasteiger partial charge in [0.25, 0.3) is 0 Å². The molecule has 6 heteroatoms. The third-order valence-electron chi connectivity index (χ3n) is 4.62. The molecule has 1 unspecified atom stereocenters. The molecule has 1 amide bonds. The minimum Gasteiger partial charge on any atom is -0.497 e. The maximum Gasteiger partial charge on any atom is 0.223 e. The van der Waals surface area contributed by atoms with Crippen LogP contribution in [0, 0.1) is 0 Å². The van der Waals surface area contributed by atoms with E-state index in [1.54, 1.807) is 36.3 Å². The summed E-state index contributed by atoms with van der Waals surface area (Å²) < 4.78 is 10.9. The topological polar surface area (TPSA) is 55.8 Å². The van der Waals surface area contributed by atoms with Crippen molar-refractivity contribution in [2.24, 2.45) is 0 Å². The quantitative estimate of drug-likeness (QED) is 0.705. The van der Waals surface area contributed by atoms with Crippen molar-refractivity contribution in [3.05, 3.63) is 64.7 Å². The molecule has 1 aliphatic rings. The van der Waals surface area contributed by atoms with Gasteiger partial charge in [-0.1, -0.05) is 23.7 Å². The maximum atomic E-state index is 12.6. The molecule has 0 aliphatic carbocycles. The molecule has 0 saturated carbocycles. The molecule has 5 nitrogen and oxygen atoms in total. The highest BCUT2D eigenvalue weighted by Crippen LogP contribution is 2.25.